The molecule has 0 fully saturated rings. The zero-order valence-corrected chi connectivity index (χ0v) is 8.49. The van der Waals surface area contributed by atoms with Gasteiger partial charge < -0.3 is 15.6 Å². The smallest absolute Gasteiger partial charge is 0.145 e. The maximum absolute atomic E-state index is 8.59. The molecule has 0 aliphatic heterocycles. The number of hydrogen-bond acceptors (Lipinski definition) is 3. The Morgan fingerprint density at radius 3 is 2.79 bits per heavy atom. The van der Waals surface area contributed by atoms with E-state index in [1.54, 1.807) is 0 Å². The van der Waals surface area contributed by atoms with Gasteiger partial charge in [-0.05, 0) is 31.4 Å². The molecule has 0 radical (unpaired) electrons. The lowest BCUT2D eigenvalue weighted by molar-refractivity contribution is 0.253. The first-order valence-corrected chi connectivity index (χ1v) is 4.84. The Hall–Kier alpha value is -1.22. The van der Waals surface area contributed by atoms with Crippen LogP contribution in [0, 0.1) is 6.92 Å². The number of aliphatic hydroxyl groups excluding tert-OH is 1. The van der Waals surface area contributed by atoms with Crippen LogP contribution in [0.25, 0.3) is 0 Å². The van der Waals surface area contributed by atoms with Crippen LogP contribution in [0.2, 0.25) is 0 Å². The zero-order chi connectivity index (χ0) is 10.4. The molecule has 0 saturated heterocycles. The van der Waals surface area contributed by atoms with E-state index in [9.17, 15) is 0 Å². The summed E-state index contributed by atoms with van der Waals surface area (Å²) in [5.74, 6) is 0.769. The lowest BCUT2D eigenvalue weighted by atomic mass is 10.2. The normalized spacial score (nSPS) is 10.1. The fourth-order valence-corrected chi connectivity index (χ4v) is 1.26. The van der Waals surface area contributed by atoms with Gasteiger partial charge in [0.2, 0.25) is 0 Å². The van der Waals surface area contributed by atoms with Gasteiger partial charge in [-0.3, -0.25) is 0 Å². The van der Waals surface area contributed by atoms with Crippen LogP contribution < -0.4 is 10.5 Å². The average molecular weight is 195 g/mol. The summed E-state index contributed by atoms with van der Waals surface area (Å²) in [6, 6.07) is 5.71. The number of aliphatic hydroxyl groups is 1. The second-order valence-electron chi connectivity index (χ2n) is 3.27. The Bertz CT molecular complexity index is 266. The van der Waals surface area contributed by atoms with Crippen molar-refractivity contribution in [2.45, 2.75) is 19.8 Å². The quantitative estimate of drug-likeness (QED) is 0.555. The van der Waals surface area contributed by atoms with Gasteiger partial charge in [0.05, 0.1) is 12.3 Å². The molecule has 14 heavy (non-hydrogen) atoms. The van der Waals surface area contributed by atoms with E-state index in [0.29, 0.717) is 12.3 Å². The third-order valence-electron chi connectivity index (χ3n) is 2.04. The predicted octanol–water partition coefficient (Wildman–Crippen LogP) is 1.73. The summed E-state index contributed by atoms with van der Waals surface area (Å²) in [7, 11) is 0. The molecule has 0 spiro atoms. The van der Waals surface area contributed by atoms with Crippen molar-refractivity contribution in [2.24, 2.45) is 0 Å². The Morgan fingerprint density at radius 1 is 1.36 bits per heavy atom. The maximum Gasteiger partial charge on any atom is 0.145 e. The van der Waals surface area contributed by atoms with Crippen LogP contribution in [0.4, 0.5) is 5.69 Å². The van der Waals surface area contributed by atoms with E-state index in [4.69, 9.17) is 15.6 Å². The number of unbranched alkanes of at least 4 members (excludes halogenated alkanes) is 1. The third kappa shape index (κ3) is 2.92. The van der Waals surface area contributed by atoms with E-state index in [-0.39, 0.29) is 6.61 Å². The van der Waals surface area contributed by atoms with Crippen molar-refractivity contribution in [3.05, 3.63) is 23.8 Å². The maximum atomic E-state index is 8.59. The average Bonchev–Trinajstić information content (AvgIpc) is 2.16. The number of benzene rings is 1. The first-order valence-electron chi connectivity index (χ1n) is 4.84. The van der Waals surface area contributed by atoms with Gasteiger partial charge in [-0.25, -0.2) is 0 Å². The van der Waals surface area contributed by atoms with Gasteiger partial charge in [0.25, 0.3) is 0 Å². The summed E-state index contributed by atoms with van der Waals surface area (Å²) in [4.78, 5) is 0. The van der Waals surface area contributed by atoms with Gasteiger partial charge in [0, 0.05) is 6.61 Å². The molecule has 3 heteroatoms. The van der Waals surface area contributed by atoms with E-state index in [1.807, 2.05) is 25.1 Å². The standard InChI is InChI=1S/C11H17NO2/c1-9-5-4-6-10(12)11(9)14-8-3-2-7-13/h4-6,13H,2-3,7-8,12H2,1H3. The van der Waals surface area contributed by atoms with Crippen molar-refractivity contribution in [3.8, 4) is 5.75 Å². The predicted molar refractivity (Wildman–Crippen MR) is 57.4 cm³/mol. The Kier molecular flexibility index (Phi) is 4.26. The SMILES string of the molecule is Cc1cccc(N)c1OCCCCO. The molecule has 1 aromatic carbocycles. The molecule has 0 bridgehead atoms. The molecule has 0 atom stereocenters. The molecular weight excluding hydrogens is 178 g/mol. The number of hydrogen-bond donors (Lipinski definition) is 2. The van der Waals surface area contributed by atoms with Gasteiger partial charge in [-0.1, -0.05) is 12.1 Å². The van der Waals surface area contributed by atoms with E-state index in [0.717, 1.165) is 24.2 Å². The summed E-state index contributed by atoms with van der Waals surface area (Å²) < 4.78 is 5.53. The molecule has 0 aromatic heterocycles. The minimum atomic E-state index is 0.215. The monoisotopic (exact) mass is 195 g/mol. The molecule has 0 aliphatic rings. The van der Waals surface area contributed by atoms with Gasteiger partial charge in [0.1, 0.15) is 5.75 Å². The lowest BCUT2D eigenvalue weighted by Crippen LogP contribution is -2.02. The summed E-state index contributed by atoms with van der Waals surface area (Å²) in [5.41, 5.74) is 7.49. The molecule has 3 nitrogen and oxygen atoms in total. The van der Waals surface area contributed by atoms with Gasteiger partial charge in [-0.2, -0.15) is 0 Å². The fourth-order valence-electron chi connectivity index (χ4n) is 1.26. The molecule has 0 unspecified atom stereocenters. The van der Waals surface area contributed by atoms with Gasteiger partial charge in [-0.15, -0.1) is 0 Å². The molecule has 78 valence electrons. The summed E-state index contributed by atoms with van der Waals surface area (Å²) in [6.45, 7) is 2.79. The number of para-hydroxylation sites is 1. The third-order valence-corrected chi connectivity index (χ3v) is 2.04. The molecule has 0 saturated carbocycles. The van der Waals surface area contributed by atoms with Crippen molar-refractivity contribution < 1.29 is 9.84 Å². The van der Waals surface area contributed by atoms with Crippen LogP contribution in [0.3, 0.4) is 0 Å². The van der Waals surface area contributed by atoms with Crippen molar-refractivity contribution in [2.75, 3.05) is 18.9 Å². The molecule has 0 heterocycles. The highest BCUT2D eigenvalue weighted by molar-refractivity contribution is 5.56. The minimum absolute atomic E-state index is 0.215. The van der Waals surface area contributed by atoms with Crippen LogP contribution in [0.15, 0.2) is 18.2 Å². The number of rotatable bonds is 5. The molecular formula is C11H17NO2. The van der Waals surface area contributed by atoms with E-state index in [1.165, 1.54) is 0 Å². The Balaban J connectivity index is 2.49. The van der Waals surface area contributed by atoms with Crippen LogP contribution >= 0.6 is 0 Å². The molecule has 0 amide bonds. The van der Waals surface area contributed by atoms with E-state index in [2.05, 4.69) is 0 Å². The second-order valence-corrected chi connectivity index (χ2v) is 3.27. The number of aryl methyl sites for hydroxylation is 1. The summed E-state index contributed by atoms with van der Waals surface area (Å²) in [6.07, 6.45) is 1.62. The number of anilines is 1. The summed E-state index contributed by atoms with van der Waals surface area (Å²) >= 11 is 0. The second kappa shape index (κ2) is 5.50. The summed E-state index contributed by atoms with van der Waals surface area (Å²) in [5, 5.41) is 8.59. The Labute approximate surface area is 84.5 Å². The van der Waals surface area contributed by atoms with Crippen LogP contribution in [-0.2, 0) is 0 Å². The largest absolute Gasteiger partial charge is 0.491 e. The van der Waals surface area contributed by atoms with Crippen LogP contribution in [-0.4, -0.2) is 18.3 Å². The number of ether oxygens (including phenoxy) is 1. The molecule has 3 N–H and O–H groups in total. The van der Waals surface area contributed by atoms with Crippen molar-refractivity contribution in [1.82, 2.24) is 0 Å². The van der Waals surface area contributed by atoms with Crippen LogP contribution in [0.5, 0.6) is 5.75 Å². The van der Waals surface area contributed by atoms with Crippen LogP contribution in [0.1, 0.15) is 18.4 Å². The molecule has 0 aliphatic carbocycles. The molecule has 1 rings (SSSR count). The first-order chi connectivity index (χ1) is 6.75. The lowest BCUT2D eigenvalue weighted by Gasteiger charge is -2.10. The first kappa shape index (κ1) is 10.9. The van der Waals surface area contributed by atoms with Crippen molar-refractivity contribution in [3.63, 3.8) is 0 Å². The molecule has 1 aromatic rings. The highest BCUT2D eigenvalue weighted by atomic mass is 16.5. The highest BCUT2D eigenvalue weighted by Gasteiger charge is 2.02. The fraction of sp³-hybridized carbons (Fsp3) is 0.455. The Morgan fingerprint density at radius 2 is 2.14 bits per heavy atom. The minimum Gasteiger partial charge on any atom is -0.491 e. The van der Waals surface area contributed by atoms with Gasteiger partial charge >= 0.3 is 0 Å². The highest BCUT2D eigenvalue weighted by Crippen LogP contribution is 2.25. The van der Waals surface area contributed by atoms with Gasteiger partial charge in [0.15, 0.2) is 0 Å². The van der Waals surface area contributed by atoms with E-state index >= 15 is 0 Å². The van der Waals surface area contributed by atoms with Crippen molar-refractivity contribution in [1.29, 1.82) is 0 Å². The number of nitrogen functional groups attached to an aromatic ring is 1. The van der Waals surface area contributed by atoms with Crippen molar-refractivity contribution >= 4 is 5.69 Å². The van der Waals surface area contributed by atoms with E-state index < -0.39 is 0 Å². The topological polar surface area (TPSA) is 55.5 Å². The number of nitrogens with two attached hydrogens (primary N) is 1. The zero-order valence-electron chi connectivity index (χ0n) is 8.49.